The van der Waals surface area contributed by atoms with Crippen LogP contribution in [0, 0.1) is 11.6 Å². The van der Waals surface area contributed by atoms with Gasteiger partial charge in [-0.15, -0.1) is 0 Å². The van der Waals surface area contributed by atoms with Crippen LogP contribution in [0.3, 0.4) is 0 Å². The first kappa shape index (κ1) is 18.9. The Kier molecular flexibility index (Phi) is 4.92. The second-order valence-corrected chi connectivity index (χ2v) is 6.91. The number of ketones is 1. The Labute approximate surface area is 164 Å². The molecule has 0 saturated heterocycles. The molecule has 1 aliphatic heterocycles. The number of benzene rings is 1. The molecular weight excluding hydrogens is 380 g/mol. The average Bonchev–Trinajstić information content (AvgIpc) is 2.73. The van der Waals surface area contributed by atoms with Gasteiger partial charge in [0.2, 0.25) is 5.91 Å². The molecule has 2 aromatic heterocycles. The Morgan fingerprint density at radius 3 is 2.48 bits per heavy atom. The van der Waals surface area contributed by atoms with Crippen LogP contribution in [0.4, 0.5) is 8.78 Å². The quantitative estimate of drug-likeness (QED) is 0.635. The van der Waals surface area contributed by atoms with Crippen LogP contribution in [0.1, 0.15) is 34.5 Å². The molecule has 6 nitrogen and oxygen atoms in total. The lowest BCUT2D eigenvalue weighted by Crippen LogP contribution is -2.40. The number of carbonyl (C=O) groups is 2. The van der Waals surface area contributed by atoms with Crippen molar-refractivity contribution in [2.45, 2.75) is 25.8 Å². The molecule has 1 amide bonds. The van der Waals surface area contributed by atoms with Crippen molar-refractivity contribution in [3.8, 4) is 0 Å². The third-order valence-corrected chi connectivity index (χ3v) is 5.02. The van der Waals surface area contributed by atoms with Crippen molar-refractivity contribution < 1.29 is 18.4 Å². The maximum atomic E-state index is 13.5. The molecular formula is C21H17F2N3O3. The van der Waals surface area contributed by atoms with Gasteiger partial charge in [0.15, 0.2) is 5.78 Å². The van der Waals surface area contributed by atoms with E-state index in [-0.39, 0.29) is 31.1 Å². The second-order valence-electron chi connectivity index (χ2n) is 6.91. The fourth-order valence-corrected chi connectivity index (χ4v) is 3.44. The van der Waals surface area contributed by atoms with Crippen LogP contribution in [0.15, 0.2) is 47.4 Å². The molecule has 0 bridgehead atoms. The molecule has 4 rings (SSSR count). The number of amides is 1. The van der Waals surface area contributed by atoms with E-state index < -0.39 is 17.2 Å². The number of carbonyl (C=O) groups excluding carboxylic acids is 2. The first-order chi connectivity index (χ1) is 13.9. The van der Waals surface area contributed by atoms with Gasteiger partial charge >= 0.3 is 0 Å². The summed E-state index contributed by atoms with van der Waals surface area (Å²) in [6.07, 6.45) is 1.47. The highest BCUT2D eigenvalue weighted by Gasteiger charge is 2.25. The van der Waals surface area contributed by atoms with Gasteiger partial charge in [0.25, 0.3) is 5.56 Å². The highest BCUT2D eigenvalue weighted by Crippen LogP contribution is 2.17. The monoisotopic (exact) mass is 397 g/mol. The molecule has 0 aliphatic carbocycles. The van der Waals surface area contributed by atoms with Gasteiger partial charge in [-0.2, -0.15) is 0 Å². The van der Waals surface area contributed by atoms with Gasteiger partial charge < -0.3 is 4.90 Å². The lowest BCUT2D eigenvalue weighted by Gasteiger charge is -2.28. The molecule has 0 N–H and O–H groups in total. The molecule has 3 heterocycles. The topological polar surface area (TPSA) is 71.8 Å². The van der Waals surface area contributed by atoms with Crippen LogP contribution < -0.4 is 5.56 Å². The number of fused-ring (bicyclic) bond motifs is 2. The van der Waals surface area contributed by atoms with Crippen molar-refractivity contribution in [1.29, 1.82) is 0 Å². The van der Waals surface area contributed by atoms with E-state index in [2.05, 4.69) is 4.98 Å². The van der Waals surface area contributed by atoms with Crippen molar-refractivity contribution in [2.24, 2.45) is 0 Å². The number of halogens is 2. The van der Waals surface area contributed by atoms with Crippen molar-refractivity contribution in [3.63, 3.8) is 0 Å². The van der Waals surface area contributed by atoms with E-state index in [1.807, 2.05) is 0 Å². The zero-order valence-electron chi connectivity index (χ0n) is 15.4. The zero-order valence-corrected chi connectivity index (χ0v) is 15.4. The van der Waals surface area contributed by atoms with Crippen LogP contribution in [-0.2, 0) is 17.8 Å². The van der Waals surface area contributed by atoms with Gasteiger partial charge in [0.1, 0.15) is 17.3 Å². The van der Waals surface area contributed by atoms with Crippen LogP contribution in [-0.4, -0.2) is 32.5 Å². The number of Topliss-reactive ketones (excluding diaryl/α,β-unsaturated/α-hetero) is 1. The maximum absolute atomic E-state index is 13.5. The van der Waals surface area contributed by atoms with Crippen LogP contribution in [0.2, 0.25) is 0 Å². The SMILES string of the molecule is O=C(CCC(=O)N1CCc2nc3ccc(F)cn3c(=O)c2C1)c1ccc(F)cc1. The number of hydrogen-bond acceptors (Lipinski definition) is 4. The second kappa shape index (κ2) is 7.54. The first-order valence-electron chi connectivity index (χ1n) is 9.18. The lowest BCUT2D eigenvalue weighted by molar-refractivity contribution is -0.132. The van der Waals surface area contributed by atoms with Gasteiger partial charge in [-0.3, -0.25) is 18.8 Å². The van der Waals surface area contributed by atoms with Crippen LogP contribution >= 0.6 is 0 Å². The predicted octanol–water partition coefficient (Wildman–Crippen LogP) is 2.52. The molecule has 0 fully saturated rings. The van der Waals surface area contributed by atoms with E-state index in [1.54, 1.807) is 0 Å². The van der Waals surface area contributed by atoms with Gasteiger partial charge in [-0.05, 0) is 36.4 Å². The predicted molar refractivity (Wildman–Crippen MR) is 101 cm³/mol. The molecule has 0 spiro atoms. The third kappa shape index (κ3) is 3.78. The summed E-state index contributed by atoms with van der Waals surface area (Å²) in [7, 11) is 0. The van der Waals surface area contributed by atoms with E-state index in [9.17, 15) is 23.2 Å². The fourth-order valence-electron chi connectivity index (χ4n) is 3.44. The minimum atomic E-state index is -0.551. The van der Waals surface area contributed by atoms with Gasteiger partial charge in [-0.25, -0.2) is 13.8 Å². The largest absolute Gasteiger partial charge is 0.338 e. The molecule has 148 valence electrons. The van der Waals surface area contributed by atoms with Crippen molar-refractivity contribution >= 4 is 17.3 Å². The van der Waals surface area contributed by atoms with Gasteiger partial charge in [0.05, 0.1) is 17.8 Å². The minimum Gasteiger partial charge on any atom is -0.338 e. The molecule has 8 heteroatoms. The summed E-state index contributed by atoms with van der Waals surface area (Å²) >= 11 is 0. The first-order valence-corrected chi connectivity index (χ1v) is 9.18. The van der Waals surface area contributed by atoms with Crippen molar-refractivity contribution in [3.05, 3.63) is 81.4 Å². The van der Waals surface area contributed by atoms with Gasteiger partial charge in [0, 0.05) is 37.6 Å². The van der Waals surface area contributed by atoms with Gasteiger partial charge in [-0.1, -0.05) is 0 Å². The molecule has 1 aromatic carbocycles. The summed E-state index contributed by atoms with van der Waals surface area (Å²) in [4.78, 5) is 43.4. The van der Waals surface area contributed by atoms with E-state index in [0.29, 0.717) is 35.4 Å². The van der Waals surface area contributed by atoms with Crippen molar-refractivity contribution in [1.82, 2.24) is 14.3 Å². The Balaban J connectivity index is 1.47. The Morgan fingerprint density at radius 1 is 1.00 bits per heavy atom. The summed E-state index contributed by atoms with van der Waals surface area (Å²) < 4.78 is 27.6. The summed E-state index contributed by atoms with van der Waals surface area (Å²) in [5.74, 6) is -1.49. The summed E-state index contributed by atoms with van der Waals surface area (Å²) in [5.41, 5.74) is 1.27. The number of hydrogen-bond donors (Lipinski definition) is 0. The summed E-state index contributed by atoms with van der Waals surface area (Å²) in [6, 6.07) is 7.85. The Morgan fingerprint density at radius 2 is 1.72 bits per heavy atom. The molecule has 0 atom stereocenters. The number of pyridine rings is 1. The molecule has 3 aromatic rings. The van der Waals surface area contributed by atoms with E-state index in [0.717, 1.165) is 10.6 Å². The number of aromatic nitrogens is 2. The standard InChI is InChI=1S/C21H17F2N3O3/c22-14-3-1-13(2-4-14)18(27)6-8-20(28)25-10-9-17-16(12-25)21(29)26-11-15(23)5-7-19(26)24-17/h1-5,7,11H,6,8-10,12H2. The van der Waals surface area contributed by atoms with E-state index >= 15 is 0 Å². The minimum absolute atomic E-state index is 0.00597. The molecule has 0 radical (unpaired) electrons. The Bertz CT molecular complexity index is 1170. The normalized spacial score (nSPS) is 13.4. The van der Waals surface area contributed by atoms with Crippen LogP contribution in [0.5, 0.6) is 0 Å². The third-order valence-electron chi connectivity index (χ3n) is 5.02. The molecule has 0 unspecified atom stereocenters. The summed E-state index contributed by atoms with van der Waals surface area (Å²) in [5, 5.41) is 0. The van der Waals surface area contributed by atoms with Crippen LogP contribution in [0.25, 0.3) is 5.65 Å². The smallest absolute Gasteiger partial charge is 0.263 e. The fraction of sp³-hybridized carbons (Fsp3) is 0.238. The maximum Gasteiger partial charge on any atom is 0.263 e. The Hall–Kier alpha value is -3.42. The van der Waals surface area contributed by atoms with E-state index in [4.69, 9.17) is 0 Å². The number of rotatable bonds is 4. The summed E-state index contributed by atoms with van der Waals surface area (Å²) in [6.45, 7) is 0.463. The molecule has 1 aliphatic rings. The highest BCUT2D eigenvalue weighted by molar-refractivity contribution is 5.97. The van der Waals surface area contributed by atoms with Crippen molar-refractivity contribution in [2.75, 3.05) is 6.54 Å². The highest BCUT2D eigenvalue weighted by atomic mass is 19.1. The molecule has 29 heavy (non-hydrogen) atoms. The molecule has 0 saturated carbocycles. The lowest BCUT2D eigenvalue weighted by atomic mass is 10.0. The zero-order chi connectivity index (χ0) is 20.5. The average molecular weight is 397 g/mol. The number of nitrogens with zero attached hydrogens (tertiary/aromatic N) is 3. The van der Waals surface area contributed by atoms with E-state index in [1.165, 1.54) is 41.3 Å².